The van der Waals surface area contributed by atoms with Crippen LogP contribution in [-0.2, 0) is 5.41 Å². The predicted octanol–water partition coefficient (Wildman–Crippen LogP) is 14.2. The van der Waals surface area contributed by atoms with Crippen molar-refractivity contribution < 1.29 is 4.42 Å². The van der Waals surface area contributed by atoms with Crippen molar-refractivity contribution >= 4 is 49.6 Å². The van der Waals surface area contributed by atoms with E-state index in [0.717, 1.165) is 50.5 Å². The van der Waals surface area contributed by atoms with Crippen LogP contribution >= 0.6 is 0 Å². The molecule has 0 radical (unpaired) electrons. The number of rotatable bonds is 6. The third-order valence-corrected chi connectivity index (χ3v) is 11.5. The fourth-order valence-corrected chi connectivity index (χ4v) is 9.02. The molecule has 55 heavy (non-hydrogen) atoms. The second kappa shape index (κ2) is 12.5. The summed E-state index contributed by atoms with van der Waals surface area (Å²) in [7, 11) is 0. The van der Waals surface area contributed by atoms with Gasteiger partial charge in [-0.1, -0.05) is 164 Å². The molecule has 1 aliphatic carbocycles. The van der Waals surface area contributed by atoms with Crippen LogP contribution in [0.2, 0.25) is 0 Å². The summed E-state index contributed by atoms with van der Waals surface area (Å²) in [4.78, 5) is 2.38. The molecule has 0 bridgehead atoms. The third-order valence-electron chi connectivity index (χ3n) is 11.5. The lowest BCUT2D eigenvalue weighted by Gasteiger charge is -2.33. The van der Waals surface area contributed by atoms with E-state index in [4.69, 9.17) is 4.42 Å². The summed E-state index contributed by atoms with van der Waals surface area (Å²) in [5.74, 6) is 0.947. The highest BCUT2D eigenvalue weighted by molar-refractivity contribution is 5.99. The van der Waals surface area contributed by atoms with Gasteiger partial charge in [0.2, 0.25) is 0 Å². The highest BCUT2D eigenvalue weighted by Gasteiger charge is 2.49. The Morgan fingerprint density at radius 1 is 0.382 bits per heavy atom. The Morgan fingerprint density at radius 3 is 1.58 bits per heavy atom. The van der Waals surface area contributed by atoms with Gasteiger partial charge in [0.1, 0.15) is 11.3 Å². The van der Waals surface area contributed by atoms with E-state index in [2.05, 4.69) is 217 Å². The topological polar surface area (TPSA) is 16.4 Å². The van der Waals surface area contributed by atoms with Crippen LogP contribution in [0.1, 0.15) is 22.3 Å². The zero-order valence-corrected chi connectivity index (χ0v) is 30.1. The molecular weight excluding hydrogens is 667 g/mol. The highest BCUT2D eigenvalue weighted by Crippen LogP contribution is 2.59. The summed E-state index contributed by atoms with van der Waals surface area (Å²) in [5.41, 5.74) is 12.0. The van der Waals surface area contributed by atoms with E-state index in [9.17, 15) is 0 Å². The average molecular weight is 702 g/mol. The Balaban J connectivity index is 1.12. The van der Waals surface area contributed by atoms with Crippen molar-refractivity contribution in [1.82, 2.24) is 0 Å². The van der Waals surface area contributed by atoms with E-state index in [0.29, 0.717) is 0 Å². The molecule has 0 aliphatic heterocycles. The molecule has 11 rings (SSSR count). The van der Waals surface area contributed by atoms with Gasteiger partial charge in [0.05, 0.1) is 5.41 Å². The predicted molar refractivity (Wildman–Crippen MR) is 229 cm³/mol. The Hall–Kier alpha value is -7.16. The molecule has 2 heteroatoms. The molecule has 258 valence electrons. The molecule has 0 N–H and O–H groups in total. The molecule has 1 heterocycles. The molecular formula is C53H35NO. The van der Waals surface area contributed by atoms with Crippen molar-refractivity contribution in [2.75, 3.05) is 4.90 Å². The van der Waals surface area contributed by atoms with E-state index in [1.54, 1.807) is 0 Å². The fourth-order valence-electron chi connectivity index (χ4n) is 9.02. The van der Waals surface area contributed by atoms with E-state index in [-0.39, 0.29) is 0 Å². The van der Waals surface area contributed by atoms with Gasteiger partial charge in [-0.2, -0.15) is 0 Å². The van der Waals surface area contributed by atoms with E-state index < -0.39 is 5.41 Å². The third kappa shape index (κ3) is 4.89. The van der Waals surface area contributed by atoms with Crippen molar-refractivity contribution in [2.24, 2.45) is 0 Å². The van der Waals surface area contributed by atoms with Crippen molar-refractivity contribution in [1.29, 1.82) is 0 Å². The summed E-state index contributed by atoms with van der Waals surface area (Å²) in [6.07, 6.45) is 0. The SMILES string of the molecule is c1ccc(C2(c3ccccc3)c3cc(-c4cccc(N(c5ccc6ccccc6c5)c5ccc6ccccc6c5)c4)ccc3-c3oc4ccccc4c32)cc1. The maximum Gasteiger partial charge on any atom is 0.140 e. The maximum atomic E-state index is 6.78. The molecule has 0 amide bonds. The molecule has 0 atom stereocenters. The summed E-state index contributed by atoms with van der Waals surface area (Å²) in [6.45, 7) is 0. The molecule has 9 aromatic carbocycles. The van der Waals surface area contributed by atoms with E-state index >= 15 is 0 Å². The minimum Gasteiger partial charge on any atom is -0.456 e. The van der Waals surface area contributed by atoms with Crippen LogP contribution < -0.4 is 4.90 Å². The molecule has 2 nitrogen and oxygen atoms in total. The lowest BCUT2D eigenvalue weighted by atomic mass is 9.67. The first-order valence-electron chi connectivity index (χ1n) is 18.9. The standard InChI is InChI=1S/C53H35NO/c1-3-19-42(20-4-1)53(43-21-5-2-6-22-43)49-35-41(28-31-47(49)52-51(53)48-24-11-12-25-50(48)55-52)40-18-13-23-44(34-40)54(45-29-26-36-14-7-9-16-38(36)32-45)46-30-27-37-15-8-10-17-39(37)33-46/h1-35H. The van der Waals surface area contributed by atoms with Crippen molar-refractivity contribution in [3.05, 3.63) is 235 Å². The number of furan rings is 1. The zero-order chi connectivity index (χ0) is 36.3. The van der Waals surface area contributed by atoms with Crippen molar-refractivity contribution in [3.8, 4) is 22.5 Å². The lowest BCUT2D eigenvalue weighted by Crippen LogP contribution is -2.28. The van der Waals surface area contributed by atoms with Crippen molar-refractivity contribution in [2.45, 2.75) is 5.41 Å². The van der Waals surface area contributed by atoms with Crippen LogP contribution in [0.5, 0.6) is 0 Å². The second-order valence-electron chi connectivity index (χ2n) is 14.5. The first-order chi connectivity index (χ1) is 27.3. The normalized spacial score (nSPS) is 12.9. The Bertz CT molecular complexity index is 2930. The summed E-state index contributed by atoms with van der Waals surface area (Å²) < 4.78 is 6.78. The molecule has 0 fully saturated rings. The van der Waals surface area contributed by atoms with Gasteiger partial charge in [0, 0.05) is 33.6 Å². The van der Waals surface area contributed by atoms with Crippen LogP contribution in [0.3, 0.4) is 0 Å². The number of anilines is 3. The van der Waals surface area contributed by atoms with Gasteiger partial charge in [-0.05, 0) is 97.9 Å². The van der Waals surface area contributed by atoms with Gasteiger partial charge in [-0.15, -0.1) is 0 Å². The Kier molecular flexibility index (Phi) is 7.11. The van der Waals surface area contributed by atoms with Crippen LogP contribution in [0.15, 0.2) is 217 Å². The number of hydrogen-bond acceptors (Lipinski definition) is 2. The first-order valence-corrected chi connectivity index (χ1v) is 18.9. The highest BCUT2D eigenvalue weighted by atomic mass is 16.3. The minimum atomic E-state index is -0.574. The van der Waals surface area contributed by atoms with Gasteiger partial charge < -0.3 is 9.32 Å². The van der Waals surface area contributed by atoms with Gasteiger partial charge in [0.15, 0.2) is 0 Å². The molecule has 1 aliphatic rings. The number of benzene rings is 9. The zero-order valence-electron chi connectivity index (χ0n) is 30.1. The van der Waals surface area contributed by atoms with Gasteiger partial charge in [-0.3, -0.25) is 0 Å². The molecule has 0 saturated carbocycles. The molecule has 0 unspecified atom stereocenters. The van der Waals surface area contributed by atoms with E-state index in [1.165, 1.54) is 43.8 Å². The van der Waals surface area contributed by atoms with Crippen LogP contribution in [0.4, 0.5) is 17.1 Å². The molecule has 10 aromatic rings. The van der Waals surface area contributed by atoms with Crippen LogP contribution in [0, 0.1) is 0 Å². The lowest BCUT2D eigenvalue weighted by molar-refractivity contribution is 0.628. The van der Waals surface area contributed by atoms with Crippen LogP contribution in [-0.4, -0.2) is 0 Å². The number of fused-ring (bicyclic) bond motifs is 7. The number of nitrogens with zero attached hydrogens (tertiary/aromatic N) is 1. The number of hydrogen-bond donors (Lipinski definition) is 0. The fraction of sp³-hybridized carbons (Fsp3) is 0.0189. The van der Waals surface area contributed by atoms with Gasteiger partial charge >= 0.3 is 0 Å². The summed E-state index contributed by atoms with van der Waals surface area (Å²) >= 11 is 0. The van der Waals surface area contributed by atoms with Crippen molar-refractivity contribution in [3.63, 3.8) is 0 Å². The quantitative estimate of drug-likeness (QED) is 0.172. The molecule has 0 saturated heterocycles. The Morgan fingerprint density at radius 2 is 0.927 bits per heavy atom. The summed E-state index contributed by atoms with van der Waals surface area (Å²) in [6, 6.07) is 77.0. The van der Waals surface area contributed by atoms with Gasteiger partial charge in [-0.25, -0.2) is 0 Å². The monoisotopic (exact) mass is 701 g/mol. The minimum absolute atomic E-state index is 0.574. The van der Waals surface area contributed by atoms with E-state index in [1.807, 2.05) is 0 Å². The average Bonchev–Trinajstić information content (AvgIpc) is 3.78. The smallest absolute Gasteiger partial charge is 0.140 e. The largest absolute Gasteiger partial charge is 0.456 e. The molecule has 0 spiro atoms. The van der Waals surface area contributed by atoms with Gasteiger partial charge in [0.25, 0.3) is 0 Å². The molecule has 1 aromatic heterocycles. The number of para-hydroxylation sites is 1. The van der Waals surface area contributed by atoms with Crippen LogP contribution in [0.25, 0.3) is 55.0 Å². The first kappa shape index (κ1) is 31.4. The summed E-state index contributed by atoms with van der Waals surface area (Å²) in [5, 5.41) is 6.02. The Labute approximate surface area is 320 Å². The second-order valence-corrected chi connectivity index (χ2v) is 14.5. The maximum absolute atomic E-state index is 6.78.